The van der Waals surface area contributed by atoms with Crippen LogP contribution in [0.15, 0.2) is 72.8 Å². The van der Waals surface area contributed by atoms with Crippen LogP contribution >= 0.6 is 0 Å². The summed E-state index contributed by atoms with van der Waals surface area (Å²) in [6, 6.07) is 20.8. The molecule has 5 heteroatoms. The molecule has 0 radical (unpaired) electrons. The third-order valence-electron chi connectivity index (χ3n) is 4.89. The fourth-order valence-corrected chi connectivity index (χ4v) is 3.36. The molecule has 1 amide bonds. The summed E-state index contributed by atoms with van der Waals surface area (Å²) in [6.07, 6.45) is -0.652. The van der Waals surface area contributed by atoms with E-state index in [1.165, 1.54) is 12.1 Å². The fourth-order valence-electron chi connectivity index (χ4n) is 3.36. The lowest BCUT2D eigenvalue weighted by atomic mass is 9.89. The smallest absolute Gasteiger partial charge is 0.271 e. The van der Waals surface area contributed by atoms with E-state index in [1.807, 2.05) is 31.2 Å². The maximum atomic E-state index is 13.3. The largest absolute Gasteiger partial charge is 0.497 e. The van der Waals surface area contributed by atoms with Crippen molar-refractivity contribution in [2.75, 3.05) is 12.0 Å². The van der Waals surface area contributed by atoms with Crippen molar-refractivity contribution in [1.29, 1.82) is 0 Å². The van der Waals surface area contributed by atoms with Crippen LogP contribution in [0.1, 0.15) is 17.2 Å². The maximum Gasteiger partial charge on any atom is 0.271 e. The van der Waals surface area contributed by atoms with Gasteiger partial charge in [-0.3, -0.25) is 9.69 Å². The molecule has 4 nitrogen and oxygen atoms in total. The van der Waals surface area contributed by atoms with Crippen molar-refractivity contribution in [3.8, 4) is 11.5 Å². The highest BCUT2D eigenvalue weighted by Crippen LogP contribution is 2.41. The highest BCUT2D eigenvalue weighted by atomic mass is 19.1. The van der Waals surface area contributed by atoms with Crippen molar-refractivity contribution in [2.45, 2.75) is 19.1 Å². The molecular formula is C23H20FNO3. The van der Waals surface area contributed by atoms with Crippen LogP contribution in [0.25, 0.3) is 0 Å². The lowest BCUT2D eigenvalue weighted by Crippen LogP contribution is -2.61. The Labute approximate surface area is 163 Å². The van der Waals surface area contributed by atoms with E-state index in [2.05, 4.69) is 0 Å². The lowest BCUT2D eigenvalue weighted by molar-refractivity contribution is -0.135. The molecule has 2 atom stereocenters. The summed E-state index contributed by atoms with van der Waals surface area (Å²) in [5.74, 6) is 0.813. The SMILES string of the molecule is COc1ccc(O[C@@H]2C(=O)N(c3ccc(F)cc3)[C@@H]2c2ccc(C)cc2)cc1. The van der Waals surface area contributed by atoms with Crippen LogP contribution in [0.2, 0.25) is 0 Å². The van der Waals surface area contributed by atoms with Gasteiger partial charge in [0.15, 0.2) is 0 Å². The first-order valence-corrected chi connectivity index (χ1v) is 9.03. The Morgan fingerprint density at radius 2 is 1.46 bits per heavy atom. The molecule has 1 fully saturated rings. The first-order valence-electron chi connectivity index (χ1n) is 9.03. The van der Waals surface area contributed by atoms with E-state index < -0.39 is 6.10 Å². The lowest BCUT2D eigenvalue weighted by Gasteiger charge is -2.46. The van der Waals surface area contributed by atoms with Gasteiger partial charge in [0.25, 0.3) is 5.91 Å². The summed E-state index contributed by atoms with van der Waals surface area (Å²) < 4.78 is 24.5. The van der Waals surface area contributed by atoms with Gasteiger partial charge >= 0.3 is 0 Å². The molecule has 0 saturated carbocycles. The molecule has 3 aromatic rings. The van der Waals surface area contributed by atoms with Gasteiger partial charge in [0.1, 0.15) is 23.4 Å². The summed E-state index contributed by atoms with van der Waals surface area (Å²) in [5.41, 5.74) is 2.75. The Balaban J connectivity index is 1.65. The Bertz CT molecular complexity index is 968. The second-order valence-corrected chi connectivity index (χ2v) is 6.75. The Kier molecular flexibility index (Phi) is 4.74. The summed E-state index contributed by atoms with van der Waals surface area (Å²) in [5, 5.41) is 0. The Morgan fingerprint density at radius 1 is 0.857 bits per heavy atom. The molecule has 0 unspecified atom stereocenters. The number of nitrogens with zero attached hydrogens (tertiary/aromatic N) is 1. The molecule has 0 aliphatic carbocycles. The number of carbonyl (C=O) groups is 1. The van der Waals surface area contributed by atoms with E-state index in [0.717, 1.165) is 16.9 Å². The van der Waals surface area contributed by atoms with Gasteiger partial charge < -0.3 is 9.47 Å². The number of methoxy groups -OCH3 is 1. The predicted octanol–water partition coefficient (Wildman–Crippen LogP) is 4.68. The van der Waals surface area contributed by atoms with E-state index in [0.29, 0.717) is 11.4 Å². The molecule has 1 aliphatic heterocycles. The van der Waals surface area contributed by atoms with Gasteiger partial charge in [-0.1, -0.05) is 29.8 Å². The molecular weight excluding hydrogens is 357 g/mol. The summed E-state index contributed by atoms with van der Waals surface area (Å²) in [6.45, 7) is 2.01. The van der Waals surface area contributed by atoms with Crippen LogP contribution in [-0.4, -0.2) is 19.1 Å². The van der Waals surface area contributed by atoms with Crippen LogP contribution in [0, 0.1) is 12.7 Å². The average Bonchev–Trinajstić information content (AvgIpc) is 2.72. The molecule has 142 valence electrons. The second-order valence-electron chi connectivity index (χ2n) is 6.75. The summed E-state index contributed by atoms with van der Waals surface area (Å²) in [7, 11) is 1.60. The average molecular weight is 377 g/mol. The van der Waals surface area contributed by atoms with Crippen LogP contribution in [0.5, 0.6) is 11.5 Å². The van der Waals surface area contributed by atoms with E-state index in [9.17, 15) is 9.18 Å². The number of hydrogen-bond donors (Lipinski definition) is 0. The number of halogens is 1. The third kappa shape index (κ3) is 3.31. The normalized spacial score (nSPS) is 18.5. The first-order chi connectivity index (χ1) is 13.6. The van der Waals surface area contributed by atoms with Crippen molar-refractivity contribution in [3.05, 3.63) is 89.7 Å². The first kappa shape index (κ1) is 18.0. The number of amides is 1. The van der Waals surface area contributed by atoms with Gasteiger partial charge in [-0.15, -0.1) is 0 Å². The van der Waals surface area contributed by atoms with Gasteiger partial charge in [0.05, 0.1) is 7.11 Å². The minimum Gasteiger partial charge on any atom is -0.497 e. The number of aryl methyl sites for hydroxylation is 1. The minimum atomic E-state index is -0.652. The number of hydrogen-bond acceptors (Lipinski definition) is 3. The molecule has 1 heterocycles. The highest BCUT2D eigenvalue weighted by molar-refractivity contribution is 6.05. The van der Waals surface area contributed by atoms with Crippen molar-refractivity contribution in [3.63, 3.8) is 0 Å². The predicted molar refractivity (Wildman–Crippen MR) is 105 cm³/mol. The van der Waals surface area contributed by atoms with Crippen LogP contribution in [0.3, 0.4) is 0 Å². The van der Waals surface area contributed by atoms with Crippen molar-refractivity contribution in [1.82, 2.24) is 0 Å². The number of benzene rings is 3. The highest BCUT2D eigenvalue weighted by Gasteiger charge is 2.51. The van der Waals surface area contributed by atoms with E-state index in [-0.39, 0.29) is 17.8 Å². The number of ether oxygens (including phenoxy) is 2. The monoisotopic (exact) mass is 377 g/mol. The number of carbonyl (C=O) groups excluding carboxylic acids is 1. The minimum absolute atomic E-state index is 0.159. The number of anilines is 1. The number of rotatable bonds is 5. The zero-order valence-electron chi connectivity index (χ0n) is 15.6. The van der Waals surface area contributed by atoms with Crippen LogP contribution in [0.4, 0.5) is 10.1 Å². The van der Waals surface area contributed by atoms with E-state index in [1.54, 1.807) is 48.4 Å². The fraction of sp³-hybridized carbons (Fsp3) is 0.174. The van der Waals surface area contributed by atoms with Crippen LogP contribution in [-0.2, 0) is 4.79 Å². The second kappa shape index (κ2) is 7.35. The van der Waals surface area contributed by atoms with Gasteiger partial charge in [-0.05, 0) is 61.0 Å². The van der Waals surface area contributed by atoms with Gasteiger partial charge in [0.2, 0.25) is 6.10 Å². The molecule has 0 aromatic heterocycles. The molecule has 3 aromatic carbocycles. The molecule has 28 heavy (non-hydrogen) atoms. The molecule has 1 aliphatic rings. The maximum absolute atomic E-state index is 13.3. The van der Waals surface area contributed by atoms with Gasteiger partial charge in [0, 0.05) is 5.69 Å². The zero-order chi connectivity index (χ0) is 19.7. The number of β-lactam (4-membered cyclic amide) rings is 1. The van der Waals surface area contributed by atoms with Crippen molar-refractivity contribution >= 4 is 11.6 Å². The van der Waals surface area contributed by atoms with Gasteiger partial charge in [-0.2, -0.15) is 0 Å². The van der Waals surface area contributed by atoms with Gasteiger partial charge in [-0.25, -0.2) is 4.39 Å². The molecule has 0 N–H and O–H groups in total. The molecule has 0 spiro atoms. The quantitative estimate of drug-likeness (QED) is 0.606. The zero-order valence-corrected chi connectivity index (χ0v) is 15.6. The Morgan fingerprint density at radius 3 is 2.07 bits per heavy atom. The molecule has 4 rings (SSSR count). The van der Waals surface area contributed by atoms with Crippen LogP contribution < -0.4 is 14.4 Å². The standard InChI is InChI=1S/C23H20FNO3/c1-15-3-5-16(6-4-15)21-22(28-20-13-11-19(27-2)12-14-20)23(26)25(21)18-9-7-17(24)8-10-18/h3-14,21-22H,1-2H3/t21-,22+/m1/s1. The van der Waals surface area contributed by atoms with Crippen molar-refractivity contribution < 1.29 is 18.7 Å². The topological polar surface area (TPSA) is 38.8 Å². The molecule has 1 saturated heterocycles. The Hall–Kier alpha value is -3.34. The van der Waals surface area contributed by atoms with Crippen molar-refractivity contribution in [2.24, 2.45) is 0 Å². The summed E-state index contributed by atoms with van der Waals surface area (Å²) >= 11 is 0. The molecule has 0 bridgehead atoms. The van der Waals surface area contributed by atoms with E-state index in [4.69, 9.17) is 9.47 Å². The third-order valence-corrected chi connectivity index (χ3v) is 4.89. The van der Waals surface area contributed by atoms with E-state index >= 15 is 0 Å². The summed E-state index contributed by atoms with van der Waals surface area (Å²) in [4.78, 5) is 14.6.